The summed E-state index contributed by atoms with van der Waals surface area (Å²) in [6, 6.07) is 0.0669. The van der Waals surface area contributed by atoms with Crippen molar-refractivity contribution in [2.45, 2.75) is 32.2 Å². The minimum atomic E-state index is 0.0669. The number of piperidine rings is 1. The smallest absolute Gasteiger partial charge is 0.239 e. The van der Waals surface area contributed by atoms with Gasteiger partial charge in [-0.15, -0.1) is 0 Å². The Morgan fingerprint density at radius 2 is 2.24 bits per heavy atom. The highest BCUT2D eigenvalue weighted by Crippen LogP contribution is 2.24. The number of rotatable bonds is 3. The van der Waals surface area contributed by atoms with Gasteiger partial charge in [-0.25, -0.2) is 0 Å². The van der Waals surface area contributed by atoms with Gasteiger partial charge in [0.15, 0.2) is 0 Å². The van der Waals surface area contributed by atoms with Crippen LogP contribution in [0.4, 0.5) is 0 Å². The molecule has 0 aromatic heterocycles. The minimum absolute atomic E-state index is 0.0669. The molecule has 2 rings (SSSR count). The van der Waals surface area contributed by atoms with Crippen LogP contribution in [0.15, 0.2) is 0 Å². The monoisotopic (exact) mass is 240 g/mol. The number of nitrogens with one attached hydrogen (secondary N) is 1. The van der Waals surface area contributed by atoms with Crippen molar-refractivity contribution in [1.82, 2.24) is 10.2 Å². The molecule has 1 amide bonds. The van der Waals surface area contributed by atoms with Crippen LogP contribution in [-0.2, 0) is 9.53 Å². The molecule has 4 nitrogen and oxygen atoms in total. The molecule has 17 heavy (non-hydrogen) atoms. The summed E-state index contributed by atoms with van der Waals surface area (Å²) in [7, 11) is 1.74. The van der Waals surface area contributed by atoms with E-state index in [1.165, 1.54) is 12.8 Å². The number of ether oxygens (including phenoxy) is 1. The zero-order valence-electron chi connectivity index (χ0n) is 10.9. The summed E-state index contributed by atoms with van der Waals surface area (Å²) >= 11 is 0. The minimum Gasteiger partial charge on any atom is -0.384 e. The van der Waals surface area contributed by atoms with Crippen molar-refractivity contribution >= 4 is 5.91 Å². The number of hydrogen-bond acceptors (Lipinski definition) is 3. The molecule has 0 aromatic rings. The topological polar surface area (TPSA) is 41.6 Å². The van der Waals surface area contributed by atoms with Gasteiger partial charge in [-0.1, -0.05) is 13.3 Å². The van der Waals surface area contributed by atoms with Crippen molar-refractivity contribution < 1.29 is 9.53 Å². The average molecular weight is 240 g/mol. The molecule has 4 heteroatoms. The van der Waals surface area contributed by atoms with Crippen LogP contribution in [0.5, 0.6) is 0 Å². The van der Waals surface area contributed by atoms with Gasteiger partial charge in [0, 0.05) is 26.1 Å². The second-order valence-electron chi connectivity index (χ2n) is 5.44. The first kappa shape index (κ1) is 12.8. The molecular formula is C13H24N2O2. The van der Waals surface area contributed by atoms with Crippen LogP contribution >= 0.6 is 0 Å². The molecule has 0 aliphatic carbocycles. The third-order valence-corrected chi connectivity index (χ3v) is 4.07. The molecule has 0 unspecified atom stereocenters. The molecule has 2 saturated heterocycles. The van der Waals surface area contributed by atoms with Crippen LogP contribution in [-0.4, -0.2) is 50.2 Å². The van der Waals surface area contributed by atoms with Crippen LogP contribution in [0.2, 0.25) is 0 Å². The highest BCUT2D eigenvalue weighted by Gasteiger charge is 2.35. The fourth-order valence-electron chi connectivity index (χ4n) is 2.93. The lowest BCUT2D eigenvalue weighted by Gasteiger charge is -2.27. The van der Waals surface area contributed by atoms with Crippen molar-refractivity contribution in [3.8, 4) is 0 Å². The van der Waals surface area contributed by atoms with Gasteiger partial charge in [-0.3, -0.25) is 4.79 Å². The van der Waals surface area contributed by atoms with E-state index in [1.807, 2.05) is 4.90 Å². The van der Waals surface area contributed by atoms with E-state index in [0.717, 1.165) is 32.7 Å². The van der Waals surface area contributed by atoms with E-state index >= 15 is 0 Å². The van der Waals surface area contributed by atoms with E-state index in [9.17, 15) is 4.79 Å². The summed E-state index contributed by atoms with van der Waals surface area (Å²) in [4.78, 5) is 14.3. The van der Waals surface area contributed by atoms with E-state index < -0.39 is 0 Å². The van der Waals surface area contributed by atoms with E-state index in [-0.39, 0.29) is 6.04 Å². The second kappa shape index (κ2) is 5.83. The molecule has 2 fully saturated rings. The van der Waals surface area contributed by atoms with Crippen LogP contribution in [0.25, 0.3) is 0 Å². The van der Waals surface area contributed by atoms with Gasteiger partial charge in [0.1, 0.15) is 0 Å². The van der Waals surface area contributed by atoms with Crippen molar-refractivity contribution in [2.75, 3.05) is 33.4 Å². The Morgan fingerprint density at radius 1 is 1.41 bits per heavy atom. The Kier molecular flexibility index (Phi) is 4.40. The number of carbonyl (C=O) groups excluding carboxylic acids is 1. The van der Waals surface area contributed by atoms with Crippen LogP contribution in [0.1, 0.15) is 26.2 Å². The Labute approximate surface area is 104 Å². The lowest BCUT2D eigenvalue weighted by atomic mass is 10.00. The standard InChI is InChI=1S/C13H24N2O2/c1-10-7-15(8-11(10)9-17-2)13(16)12-5-3-4-6-14-12/h10-12,14H,3-9H2,1-2H3/t10-,11-,12-/m0/s1. The molecule has 98 valence electrons. The lowest BCUT2D eigenvalue weighted by Crippen LogP contribution is -2.48. The Morgan fingerprint density at radius 3 is 2.88 bits per heavy atom. The first-order valence-corrected chi connectivity index (χ1v) is 6.73. The number of amides is 1. The fourth-order valence-corrected chi connectivity index (χ4v) is 2.93. The summed E-state index contributed by atoms with van der Waals surface area (Å²) in [5.41, 5.74) is 0. The number of carbonyl (C=O) groups is 1. The molecule has 2 aliphatic rings. The van der Waals surface area contributed by atoms with Crippen molar-refractivity contribution in [3.63, 3.8) is 0 Å². The molecule has 0 saturated carbocycles. The van der Waals surface area contributed by atoms with Crippen LogP contribution in [0.3, 0.4) is 0 Å². The van der Waals surface area contributed by atoms with Gasteiger partial charge in [-0.2, -0.15) is 0 Å². The highest BCUT2D eigenvalue weighted by atomic mass is 16.5. The number of nitrogens with zero attached hydrogens (tertiary/aromatic N) is 1. The first-order chi connectivity index (χ1) is 8.22. The third-order valence-electron chi connectivity index (χ3n) is 4.07. The van der Waals surface area contributed by atoms with Crippen LogP contribution in [0, 0.1) is 11.8 Å². The molecule has 1 N–H and O–H groups in total. The van der Waals surface area contributed by atoms with Crippen molar-refractivity contribution in [1.29, 1.82) is 0 Å². The molecule has 3 atom stereocenters. The van der Waals surface area contributed by atoms with Crippen LogP contribution < -0.4 is 5.32 Å². The lowest BCUT2D eigenvalue weighted by molar-refractivity contribution is -0.133. The molecule has 0 spiro atoms. The molecular weight excluding hydrogens is 216 g/mol. The Balaban J connectivity index is 1.88. The summed E-state index contributed by atoms with van der Waals surface area (Å²) in [6.07, 6.45) is 3.37. The van der Waals surface area contributed by atoms with E-state index in [1.54, 1.807) is 7.11 Å². The number of likely N-dealkylation sites (tertiary alicyclic amines) is 1. The van der Waals surface area contributed by atoms with Gasteiger partial charge < -0.3 is 15.0 Å². The molecule has 0 aromatic carbocycles. The predicted molar refractivity (Wildman–Crippen MR) is 66.8 cm³/mol. The summed E-state index contributed by atoms with van der Waals surface area (Å²) < 4.78 is 5.22. The largest absolute Gasteiger partial charge is 0.384 e. The highest BCUT2D eigenvalue weighted by molar-refractivity contribution is 5.82. The summed E-state index contributed by atoms with van der Waals surface area (Å²) in [5, 5.41) is 3.33. The van der Waals surface area contributed by atoms with Gasteiger partial charge in [-0.05, 0) is 25.3 Å². The Hall–Kier alpha value is -0.610. The molecule has 0 radical (unpaired) electrons. The summed E-state index contributed by atoms with van der Waals surface area (Å²) in [6.45, 7) is 5.73. The van der Waals surface area contributed by atoms with E-state index in [0.29, 0.717) is 17.7 Å². The third kappa shape index (κ3) is 2.99. The average Bonchev–Trinajstić information content (AvgIpc) is 2.72. The van der Waals surface area contributed by atoms with Crippen molar-refractivity contribution in [2.24, 2.45) is 11.8 Å². The first-order valence-electron chi connectivity index (χ1n) is 6.73. The van der Waals surface area contributed by atoms with Gasteiger partial charge >= 0.3 is 0 Å². The maximum absolute atomic E-state index is 12.3. The van der Waals surface area contributed by atoms with Gasteiger partial charge in [0.05, 0.1) is 12.6 Å². The molecule has 2 aliphatic heterocycles. The number of hydrogen-bond donors (Lipinski definition) is 1. The zero-order valence-corrected chi connectivity index (χ0v) is 10.9. The molecule has 2 heterocycles. The van der Waals surface area contributed by atoms with Gasteiger partial charge in [0.25, 0.3) is 0 Å². The molecule has 0 bridgehead atoms. The maximum Gasteiger partial charge on any atom is 0.239 e. The zero-order chi connectivity index (χ0) is 12.3. The number of methoxy groups -OCH3 is 1. The second-order valence-corrected chi connectivity index (χ2v) is 5.44. The Bertz CT molecular complexity index is 264. The van der Waals surface area contributed by atoms with Gasteiger partial charge in [0.2, 0.25) is 5.91 Å². The van der Waals surface area contributed by atoms with Crippen molar-refractivity contribution in [3.05, 3.63) is 0 Å². The van der Waals surface area contributed by atoms with E-state index in [2.05, 4.69) is 12.2 Å². The SMILES string of the molecule is COC[C@@H]1CN(C(=O)[C@@H]2CCCCN2)C[C@@H]1C. The van der Waals surface area contributed by atoms with E-state index in [4.69, 9.17) is 4.74 Å². The maximum atomic E-state index is 12.3. The normalized spacial score (nSPS) is 34.0. The quantitative estimate of drug-likeness (QED) is 0.796. The summed E-state index contributed by atoms with van der Waals surface area (Å²) in [5.74, 6) is 1.37. The fraction of sp³-hybridized carbons (Fsp3) is 0.923. The predicted octanol–water partition coefficient (Wildman–Crippen LogP) is 0.869.